The monoisotopic (exact) mass is 400 g/mol. The molecule has 0 unspecified atom stereocenters. The molecule has 1 N–H and O–H groups in total. The van der Waals surface area contributed by atoms with Crippen LogP contribution in [0.15, 0.2) is 84.0 Å². The van der Waals surface area contributed by atoms with Crippen LogP contribution >= 0.6 is 0 Å². The van der Waals surface area contributed by atoms with Gasteiger partial charge in [0.25, 0.3) is 5.91 Å². The highest BCUT2D eigenvalue weighted by Crippen LogP contribution is 2.19. The summed E-state index contributed by atoms with van der Waals surface area (Å²) in [6, 6.07) is 25.5. The third kappa shape index (κ3) is 6.05. The molecule has 0 aliphatic heterocycles. The molecule has 0 aromatic heterocycles. The molecule has 0 spiro atoms. The van der Waals surface area contributed by atoms with Gasteiger partial charge in [0.05, 0.1) is 12.3 Å². The molecule has 0 aliphatic carbocycles. The molecule has 0 saturated carbocycles. The molecule has 0 saturated heterocycles. The van der Waals surface area contributed by atoms with Crippen LogP contribution in [-0.4, -0.2) is 18.2 Å². The van der Waals surface area contributed by atoms with Crippen LogP contribution in [-0.2, 0) is 0 Å². The zero-order valence-corrected chi connectivity index (χ0v) is 17.8. The Bertz CT molecular complexity index is 976. The first-order valence-corrected chi connectivity index (χ1v) is 10.3. The number of hydrogen-bond acceptors (Lipinski definition) is 3. The van der Waals surface area contributed by atoms with E-state index in [4.69, 9.17) is 4.74 Å². The van der Waals surface area contributed by atoms with Gasteiger partial charge in [-0.05, 0) is 60.2 Å². The van der Waals surface area contributed by atoms with Gasteiger partial charge in [0, 0.05) is 5.56 Å². The van der Waals surface area contributed by atoms with Gasteiger partial charge in [-0.15, -0.1) is 0 Å². The van der Waals surface area contributed by atoms with E-state index in [-0.39, 0.29) is 5.91 Å². The second-order valence-corrected chi connectivity index (χ2v) is 7.64. The van der Waals surface area contributed by atoms with Crippen LogP contribution in [0, 0.1) is 5.92 Å². The van der Waals surface area contributed by atoms with Crippen molar-refractivity contribution in [3.05, 3.63) is 90.0 Å². The summed E-state index contributed by atoms with van der Waals surface area (Å²) in [4.78, 5) is 12.4. The third-order valence-electron chi connectivity index (χ3n) is 4.82. The number of amides is 1. The fourth-order valence-corrected chi connectivity index (χ4v) is 2.91. The number of carbonyl (C=O) groups excluding carboxylic acids is 1. The van der Waals surface area contributed by atoms with Gasteiger partial charge in [-0.1, -0.05) is 68.4 Å². The number of ether oxygens (including phenoxy) is 1. The lowest BCUT2D eigenvalue weighted by Gasteiger charge is -2.08. The van der Waals surface area contributed by atoms with Crippen LogP contribution in [0.4, 0.5) is 0 Å². The van der Waals surface area contributed by atoms with Crippen LogP contribution in [0.5, 0.6) is 5.75 Å². The molecule has 3 aromatic rings. The Balaban J connectivity index is 1.57. The van der Waals surface area contributed by atoms with E-state index in [9.17, 15) is 4.79 Å². The first-order valence-electron chi connectivity index (χ1n) is 10.3. The van der Waals surface area contributed by atoms with Crippen molar-refractivity contribution in [3.63, 3.8) is 0 Å². The molecular weight excluding hydrogens is 372 g/mol. The first-order chi connectivity index (χ1) is 14.5. The van der Waals surface area contributed by atoms with Gasteiger partial charge >= 0.3 is 0 Å². The largest absolute Gasteiger partial charge is 0.494 e. The SMILES string of the molecule is CC(=NNC(=O)c1ccc(OCCC(C)C)cc1)c1ccc(-c2ccccc2)cc1. The van der Waals surface area contributed by atoms with Crippen LogP contribution < -0.4 is 10.2 Å². The molecule has 0 bridgehead atoms. The summed E-state index contributed by atoms with van der Waals surface area (Å²) in [6.07, 6.45) is 1.00. The third-order valence-corrected chi connectivity index (χ3v) is 4.82. The molecule has 30 heavy (non-hydrogen) atoms. The van der Waals surface area contributed by atoms with Gasteiger partial charge in [-0.25, -0.2) is 5.43 Å². The minimum Gasteiger partial charge on any atom is -0.494 e. The van der Waals surface area contributed by atoms with Crippen LogP contribution in [0.25, 0.3) is 11.1 Å². The summed E-state index contributed by atoms with van der Waals surface area (Å²) < 4.78 is 5.69. The second-order valence-electron chi connectivity index (χ2n) is 7.64. The quantitative estimate of drug-likeness (QED) is 0.376. The predicted molar refractivity (Wildman–Crippen MR) is 123 cm³/mol. The Morgan fingerprint density at radius 1 is 0.867 bits per heavy atom. The first kappa shape index (κ1) is 21.3. The van der Waals surface area contributed by atoms with Crippen molar-refractivity contribution >= 4 is 11.6 Å². The van der Waals surface area contributed by atoms with E-state index in [0.29, 0.717) is 18.1 Å². The normalized spacial score (nSPS) is 11.4. The second kappa shape index (κ2) is 10.4. The molecule has 4 nitrogen and oxygen atoms in total. The van der Waals surface area contributed by atoms with Crippen molar-refractivity contribution in [2.24, 2.45) is 11.0 Å². The van der Waals surface area contributed by atoms with E-state index in [0.717, 1.165) is 29.0 Å². The number of nitrogens with zero attached hydrogens (tertiary/aromatic N) is 1. The van der Waals surface area contributed by atoms with Gasteiger partial charge in [0.2, 0.25) is 0 Å². The molecule has 0 fully saturated rings. The van der Waals surface area contributed by atoms with Gasteiger partial charge < -0.3 is 4.74 Å². The van der Waals surface area contributed by atoms with E-state index in [1.54, 1.807) is 12.1 Å². The number of rotatable bonds is 8. The van der Waals surface area contributed by atoms with E-state index in [2.05, 4.69) is 48.6 Å². The maximum atomic E-state index is 12.4. The number of nitrogens with one attached hydrogen (secondary N) is 1. The van der Waals surface area contributed by atoms with Crippen LogP contribution in [0.3, 0.4) is 0 Å². The van der Waals surface area contributed by atoms with Gasteiger partial charge in [0.1, 0.15) is 5.75 Å². The minimum atomic E-state index is -0.246. The van der Waals surface area contributed by atoms with Gasteiger partial charge in [0.15, 0.2) is 0 Å². The lowest BCUT2D eigenvalue weighted by molar-refractivity contribution is 0.0955. The molecule has 0 atom stereocenters. The van der Waals surface area contributed by atoms with Crippen molar-refractivity contribution in [1.29, 1.82) is 0 Å². The summed E-state index contributed by atoms with van der Waals surface area (Å²) in [5, 5.41) is 4.25. The number of carbonyl (C=O) groups is 1. The highest BCUT2D eigenvalue weighted by Gasteiger charge is 2.06. The Morgan fingerprint density at radius 3 is 2.10 bits per heavy atom. The average molecular weight is 401 g/mol. The van der Waals surface area contributed by atoms with Gasteiger partial charge in [-0.3, -0.25) is 4.79 Å². The summed E-state index contributed by atoms with van der Waals surface area (Å²) in [5.74, 6) is 1.13. The summed E-state index contributed by atoms with van der Waals surface area (Å²) in [5.41, 5.74) is 7.20. The van der Waals surface area contributed by atoms with E-state index in [1.807, 2.05) is 49.4 Å². The van der Waals surface area contributed by atoms with Crippen molar-refractivity contribution in [2.45, 2.75) is 27.2 Å². The minimum absolute atomic E-state index is 0.246. The topological polar surface area (TPSA) is 50.7 Å². The van der Waals surface area contributed by atoms with E-state index >= 15 is 0 Å². The summed E-state index contributed by atoms with van der Waals surface area (Å²) >= 11 is 0. The van der Waals surface area contributed by atoms with Crippen molar-refractivity contribution in [1.82, 2.24) is 5.43 Å². The van der Waals surface area contributed by atoms with Crippen LogP contribution in [0.2, 0.25) is 0 Å². The standard InChI is InChI=1S/C26H28N2O2/c1-19(2)17-18-30-25-15-13-24(14-16-25)26(29)28-27-20(3)21-9-11-23(12-10-21)22-7-5-4-6-8-22/h4-16,19H,17-18H2,1-3H3,(H,28,29). The Labute approximate surface area is 178 Å². The van der Waals surface area contributed by atoms with Crippen molar-refractivity contribution in [3.8, 4) is 16.9 Å². The molecular formula is C26H28N2O2. The van der Waals surface area contributed by atoms with Crippen LogP contribution in [0.1, 0.15) is 43.1 Å². The molecule has 0 radical (unpaired) electrons. The molecule has 4 heteroatoms. The van der Waals surface area contributed by atoms with Gasteiger partial charge in [-0.2, -0.15) is 5.10 Å². The Kier molecular flexibility index (Phi) is 7.39. The highest BCUT2D eigenvalue weighted by atomic mass is 16.5. The zero-order chi connectivity index (χ0) is 21.3. The molecule has 1 amide bonds. The number of hydrazone groups is 1. The van der Waals surface area contributed by atoms with E-state index < -0.39 is 0 Å². The lowest BCUT2D eigenvalue weighted by atomic mass is 10.0. The molecule has 154 valence electrons. The predicted octanol–water partition coefficient (Wildman–Crippen LogP) is 5.93. The lowest BCUT2D eigenvalue weighted by Crippen LogP contribution is -2.19. The summed E-state index contributed by atoms with van der Waals surface area (Å²) in [7, 11) is 0. The van der Waals surface area contributed by atoms with Crippen molar-refractivity contribution in [2.75, 3.05) is 6.61 Å². The molecule has 0 aliphatic rings. The fraction of sp³-hybridized carbons (Fsp3) is 0.231. The molecule has 0 heterocycles. The maximum Gasteiger partial charge on any atom is 0.271 e. The van der Waals surface area contributed by atoms with E-state index in [1.165, 1.54) is 5.56 Å². The smallest absolute Gasteiger partial charge is 0.271 e. The Morgan fingerprint density at radius 2 is 1.47 bits per heavy atom. The zero-order valence-electron chi connectivity index (χ0n) is 17.8. The summed E-state index contributed by atoms with van der Waals surface area (Å²) in [6.45, 7) is 6.88. The fourth-order valence-electron chi connectivity index (χ4n) is 2.91. The number of hydrogen-bond donors (Lipinski definition) is 1. The average Bonchev–Trinajstić information content (AvgIpc) is 2.78. The molecule has 3 aromatic carbocycles. The maximum absolute atomic E-state index is 12.4. The molecule has 3 rings (SSSR count). The Hall–Kier alpha value is -3.40. The number of benzene rings is 3. The van der Waals surface area contributed by atoms with Crippen molar-refractivity contribution < 1.29 is 9.53 Å². The highest BCUT2D eigenvalue weighted by molar-refractivity contribution is 6.01.